The van der Waals surface area contributed by atoms with Crippen molar-refractivity contribution in [2.75, 3.05) is 0 Å². The second kappa shape index (κ2) is 5.90. The second-order valence-corrected chi connectivity index (χ2v) is 7.08. The number of hydrogen-bond donors (Lipinski definition) is 0. The average molecular weight is 260 g/mol. The lowest BCUT2D eigenvalue weighted by atomic mass is 9.72. The van der Waals surface area contributed by atoms with Crippen molar-refractivity contribution >= 4 is 5.78 Å². The van der Waals surface area contributed by atoms with Gasteiger partial charge in [-0.1, -0.05) is 71.4 Å². The Hall–Kier alpha value is -1.11. The van der Waals surface area contributed by atoms with E-state index in [2.05, 4.69) is 52.0 Å². The molecule has 0 aliphatic rings. The van der Waals surface area contributed by atoms with E-state index >= 15 is 0 Å². The molecule has 0 saturated carbocycles. The summed E-state index contributed by atoms with van der Waals surface area (Å²) in [5.74, 6) is 1.17. The van der Waals surface area contributed by atoms with Gasteiger partial charge in [0.15, 0.2) is 0 Å². The van der Waals surface area contributed by atoms with Gasteiger partial charge in [-0.15, -0.1) is 0 Å². The first-order chi connectivity index (χ1) is 8.64. The zero-order valence-corrected chi connectivity index (χ0v) is 13.4. The van der Waals surface area contributed by atoms with Crippen LogP contribution in [-0.2, 0) is 4.79 Å². The zero-order valence-electron chi connectivity index (χ0n) is 13.4. The Morgan fingerprint density at radius 3 is 1.84 bits per heavy atom. The standard InChI is InChI=1S/C18H28O/c1-12(2)16(14(4)17(19)18(5,6)7)15-10-8-13(3)9-11-15/h8-12,14,16H,1-7H3/t14?,16-/m0/s1. The lowest BCUT2D eigenvalue weighted by Gasteiger charge is -2.31. The van der Waals surface area contributed by atoms with Crippen LogP contribution in [0, 0.1) is 24.2 Å². The average Bonchev–Trinajstić information content (AvgIpc) is 2.29. The van der Waals surface area contributed by atoms with E-state index < -0.39 is 0 Å². The van der Waals surface area contributed by atoms with Crippen LogP contribution in [0.3, 0.4) is 0 Å². The summed E-state index contributed by atoms with van der Waals surface area (Å²) in [6.45, 7) is 14.6. The van der Waals surface area contributed by atoms with Gasteiger partial charge in [-0.25, -0.2) is 0 Å². The molecular weight excluding hydrogens is 232 g/mol. The van der Waals surface area contributed by atoms with E-state index in [9.17, 15) is 4.79 Å². The third-order valence-corrected chi connectivity index (χ3v) is 3.87. The maximum absolute atomic E-state index is 12.6. The van der Waals surface area contributed by atoms with Crippen molar-refractivity contribution in [3.8, 4) is 0 Å². The number of Topliss-reactive ketones (excluding diaryl/α,β-unsaturated/α-hetero) is 1. The first kappa shape index (κ1) is 15.9. The molecule has 1 heteroatoms. The highest BCUT2D eigenvalue weighted by Gasteiger charge is 2.34. The van der Waals surface area contributed by atoms with Gasteiger partial charge >= 0.3 is 0 Å². The van der Waals surface area contributed by atoms with E-state index in [4.69, 9.17) is 0 Å². The Labute approximate surface area is 118 Å². The predicted octanol–water partition coefficient (Wildman–Crippen LogP) is 4.99. The summed E-state index contributed by atoms with van der Waals surface area (Å²) >= 11 is 0. The quantitative estimate of drug-likeness (QED) is 0.745. The van der Waals surface area contributed by atoms with Gasteiger partial charge in [-0.2, -0.15) is 0 Å². The van der Waals surface area contributed by atoms with Crippen LogP contribution in [0.15, 0.2) is 24.3 Å². The smallest absolute Gasteiger partial charge is 0.141 e. The third-order valence-electron chi connectivity index (χ3n) is 3.87. The van der Waals surface area contributed by atoms with Gasteiger partial charge in [0.2, 0.25) is 0 Å². The van der Waals surface area contributed by atoms with E-state index in [1.807, 2.05) is 20.8 Å². The summed E-state index contributed by atoms with van der Waals surface area (Å²) in [7, 11) is 0. The summed E-state index contributed by atoms with van der Waals surface area (Å²) in [5, 5.41) is 0. The highest BCUT2D eigenvalue weighted by Crippen LogP contribution is 2.36. The third kappa shape index (κ3) is 3.92. The summed E-state index contributed by atoms with van der Waals surface area (Å²) in [6.07, 6.45) is 0. The summed E-state index contributed by atoms with van der Waals surface area (Å²) < 4.78 is 0. The van der Waals surface area contributed by atoms with Crippen molar-refractivity contribution in [3.05, 3.63) is 35.4 Å². The van der Waals surface area contributed by atoms with E-state index in [1.165, 1.54) is 11.1 Å². The van der Waals surface area contributed by atoms with Crippen LogP contribution in [0.2, 0.25) is 0 Å². The van der Waals surface area contributed by atoms with Crippen LogP contribution in [0.4, 0.5) is 0 Å². The highest BCUT2D eigenvalue weighted by atomic mass is 16.1. The molecule has 1 rings (SSSR count). The van der Waals surface area contributed by atoms with Crippen LogP contribution >= 0.6 is 0 Å². The summed E-state index contributed by atoms with van der Waals surface area (Å²) in [6, 6.07) is 8.62. The zero-order chi connectivity index (χ0) is 14.8. The van der Waals surface area contributed by atoms with Crippen LogP contribution in [0.1, 0.15) is 58.6 Å². The molecule has 1 aromatic rings. The van der Waals surface area contributed by atoms with Gasteiger partial charge in [-0.3, -0.25) is 4.79 Å². The number of carbonyl (C=O) groups excluding carboxylic acids is 1. The van der Waals surface area contributed by atoms with Crippen molar-refractivity contribution < 1.29 is 4.79 Å². The van der Waals surface area contributed by atoms with Gasteiger partial charge < -0.3 is 0 Å². The molecule has 0 aliphatic heterocycles. The van der Waals surface area contributed by atoms with Gasteiger partial charge in [0.25, 0.3) is 0 Å². The Morgan fingerprint density at radius 2 is 1.47 bits per heavy atom. The molecule has 1 nitrogen and oxygen atoms in total. The minimum absolute atomic E-state index is 0.0581. The van der Waals surface area contributed by atoms with Crippen LogP contribution in [0.25, 0.3) is 0 Å². The highest BCUT2D eigenvalue weighted by molar-refractivity contribution is 5.86. The SMILES string of the molecule is Cc1ccc([C@@H](C(C)C)C(C)C(=O)C(C)(C)C)cc1. The second-order valence-electron chi connectivity index (χ2n) is 7.08. The predicted molar refractivity (Wildman–Crippen MR) is 82.4 cm³/mol. The Kier molecular flexibility index (Phi) is 4.95. The first-order valence-electron chi connectivity index (χ1n) is 7.25. The van der Waals surface area contributed by atoms with E-state index in [-0.39, 0.29) is 11.3 Å². The molecule has 0 bridgehead atoms. The molecule has 0 N–H and O–H groups in total. The normalized spacial score (nSPS) is 15.4. The Bertz CT molecular complexity index is 420. The van der Waals surface area contributed by atoms with Gasteiger partial charge in [0, 0.05) is 11.3 Å². The number of benzene rings is 1. The number of rotatable bonds is 4. The van der Waals surface area contributed by atoms with E-state index in [0.717, 1.165) is 0 Å². The first-order valence-corrected chi connectivity index (χ1v) is 7.25. The maximum Gasteiger partial charge on any atom is 0.141 e. The fourth-order valence-electron chi connectivity index (χ4n) is 2.89. The number of ketones is 1. The minimum atomic E-state index is -0.267. The van der Waals surface area contributed by atoms with Crippen LogP contribution in [-0.4, -0.2) is 5.78 Å². The Balaban J connectivity index is 3.08. The molecule has 19 heavy (non-hydrogen) atoms. The molecule has 2 atom stereocenters. The van der Waals surface area contributed by atoms with Crippen molar-refractivity contribution in [2.24, 2.45) is 17.3 Å². The molecule has 0 saturated heterocycles. The molecule has 1 aromatic carbocycles. The molecule has 106 valence electrons. The molecule has 0 fully saturated rings. The monoisotopic (exact) mass is 260 g/mol. The van der Waals surface area contributed by atoms with Crippen molar-refractivity contribution in [3.63, 3.8) is 0 Å². The summed E-state index contributed by atoms with van der Waals surface area (Å²) in [4.78, 5) is 12.6. The van der Waals surface area contributed by atoms with Crippen LogP contribution in [0.5, 0.6) is 0 Å². The lowest BCUT2D eigenvalue weighted by Crippen LogP contribution is -2.32. The van der Waals surface area contributed by atoms with E-state index in [1.54, 1.807) is 0 Å². The van der Waals surface area contributed by atoms with Crippen molar-refractivity contribution in [1.29, 1.82) is 0 Å². The molecule has 0 radical (unpaired) electrons. The molecular formula is C18H28O. The molecule has 0 spiro atoms. The molecule has 0 amide bonds. The lowest BCUT2D eigenvalue weighted by molar-refractivity contribution is -0.131. The fourth-order valence-corrected chi connectivity index (χ4v) is 2.89. The molecule has 0 aromatic heterocycles. The van der Waals surface area contributed by atoms with Gasteiger partial charge in [0.05, 0.1) is 0 Å². The Morgan fingerprint density at radius 1 is 1.00 bits per heavy atom. The number of carbonyl (C=O) groups is 1. The van der Waals surface area contributed by atoms with Gasteiger partial charge in [0.1, 0.15) is 5.78 Å². The fraction of sp³-hybridized carbons (Fsp3) is 0.611. The van der Waals surface area contributed by atoms with Crippen LogP contribution < -0.4 is 0 Å². The number of aryl methyl sites for hydroxylation is 1. The van der Waals surface area contributed by atoms with E-state index in [0.29, 0.717) is 17.6 Å². The molecule has 1 unspecified atom stereocenters. The van der Waals surface area contributed by atoms with Gasteiger partial charge in [-0.05, 0) is 24.3 Å². The molecule has 0 aliphatic carbocycles. The molecule has 0 heterocycles. The number of hydrogen-bond acceptors (Lipinski definition) is 1. The summed E-state index contributed by atoms with van der Waals surface area (Å²) in [5.41, 5.74) is 2.28. The van der Waals surface area contributed by atoms with Crippen molar-refractivity contribution in [1.82, 2.24) is 0 Å². The maximum atomic E-state index is 12.6. The topological polar surface area (TPSA) is 17.1 Å². The van der Waals surface area contributed by atoms with Crippen molar-refractivity contribution in [2.45, 2.75) is 54.4 Å². The minimum Gasteiger partial charge on any atom is -0.299 e. The largest absolute Gasteiger partial charge is 0.299 e.